The Morgan fingerprint density at radius 1 is 1.26 bits per heavy atom. The topological polar surface area (TPSA) is 62.2 Å². The highest BCUT2D eigenvalue weighted by Crippen LogP contribution is 2.31. The number of nitrogens with one attached hydrogen (secondary N) is 1. The van der Waals surface area contributed by atoms with Crippen molar-refractivity contribution >= 4 is 11.7 Å². The number of nitrogens with zero attached hydrogens (tertiary/aromatic N) is 1. The molecule has 0 atom stereocenters. The van der Waals surface area contributed by atoms with Gasteiger partial charge >= 0.3 is 0 Å². The highest BCUT2D eigenvalue weighted by Gasteiger charge is 2.22. The molecule has 1 aromatic heterocycles. The van der Waals surface area contributed by atoms with Crippen molar-refractivity contribution in [2.75, 3.05) is 5.32 Å². The molecule has 0 unspecified atom stereocenters. The van der Waals surface area contributed by atoms with Gasteiger partial charge in [0.05, 0.1) is 6.61 Å². The number of aliphatic hydroxyl groups excluding tert-OH is 1. The van der Waals surface area contributed by atoms with E-state index in [0.29, 0.717) is 17.0 Å². The van der Waals surface area contributed by atoms with Gasteiger partial charge in [-0.05, 0) is 28.9 Å². The van der Waals surface area contributed by atoms with Crippen LogP contribution < -0.4 is 5.32 Å². The smallest absolute Gasteiger partial charge is 0.257 e. The highest BCUT2D eigenvalue weighted by atomic mass is 16.3. The number of amides is 1. The molecule has 0 aromatic carbocycles. The number of aromatic nitrogens is 1. The van der Waals surface area contributed by atoms with Gasteiger partial charge < -0.3 is 10.4 Å². The molecular weight excluding hydrogens is 240 g/mol. The van der Waals surface area contributed by atoms with Crippen molar-refractivity contribution in [3.05, 3.63) is 71.0 Å². The van der Waals surface area contributed by atoms with Gasteiger partial charge in [-0.1, -0.05) is 30.4 Å². The summed E-state index contributed by atoms with van der Waals surface area (Å²) in [6.07, 6.45) is 11.1. The Hall–Kier alpha value is -2.46. The lowest BCUT2D eigenvalue weighted by atomic mass is 10.1. The van der Waals surface area contributed by atoms with E-state index in [0.717, 1.165) is 11.1 Å². The molecule has 1 aromatic rings. The molecule has 4 nitrogen and oxygen atoms in total. The summed E-state index contributed by atoms with van der Waals surface area (Å²) in [5, 5.41) is 11.7. The molecule has 1 heterocycles. The van der Waals surface area contributed by atoms with Crippen LogP contribution >= 0.6 is 0 Å². The number of carbonyl (C=O) groups is 1. The molecule has 2 aliphatic rings. The maximum absolute atomic E-state index is 12.1. The van der Waals surface area contributed by atoms with Gasteiger partial charge in [-0.15, -0.1) is 0 Å². The average Bonchev–Trinajstić information content (AvgIpc) is 3.01. The first kappa shape index (κ1) is 11.6. The molecule has 4 heteroatoms. The summed E-state index contributed by atoms with van der Waals surface area (Å²) in [6, 6.07) is 3.40. The second-order valence-electron chi connectivity index (χ2n) is 4.31. The van der Waals surface area contributed by atoms with Crippen molar-refractivity contribution < 1.29 is 9.90 Å². The van der Waals surface area contributed by atoms with E-state index >= 15 is 0 Å². The molecule has 0 fully saturated rings. The van der Waals surface area contributed by atoms with Crippen molar-refractivity contribution in [3.63, 3.8) is 0 Å². The van der Waals surface area contributed by atoms with E-state index in [-0.39, 0.29) is 12.5 Å². The minimum absolute atomic E-state index is 0.0573. The van der Waals surface area contributed by atoms with Gasteiger partial charge in [0.1, 0.15) is 5.82 Å². The number of anilines is 1. The van der Waals surface area contributed by atoms with Crippen LogP contribution in [0.25, 0.3) is 0 Å². The van der Waals surface area contributed by atoms with Crippen LogP contribution in [0.3, 0.4) is 0 Å². The average molecular weight is 252 g/mol. The summed E-state index contributed by atoms with van der Waals surface area (Å²) in [4.78, 5) is 16.2. The first-order valence-electron chi connectivity index (χ1n) is 5.96. The van der Waals surface area contributed by atoms with Crippen LogP contribution in [0.5, 0.6) is 0 Å². The molecule has 2 aliphatic carbocycles. The van der Waals surface area contributed by atoms with Crippen LogP contribution in [-0.4, -0.2) is 16.0 Å². The summed E-state index contributed by atoms with van der Waals surface area (Å²) in [6.45, 7) is -0.0573. The van der Waals surface area contributed by atoms with E-state index in [1.807, 2.05) is 30.4 Å². The fraction of sp³-hybridized carbons (Fsp3) is 0.0667. The number of rotatable bonds is 3. The summed E-state index contributed by atoms with van der Waals surface area (Å²) < 4.78 is 0. The number of hydrogen-bond acceptors (Lipinski definition) is 3. The first-order chi connectivity index (χ1) is 9.28. The number of allylic oxidation sites excluding steroid dienone is 6. The van der Waals surface area contributed by atoms with Crippen LogP contribution in [-0.2, 0) is 11.4 Å². The van der Waals surface area contributed by atoms with E-state index in [1.165, 1.54) is 0 Å². The Balaban J connectivity index is 1.72. The number of carbonyl (C=O) groups excluding carboxylic acids is 1. The van der Waals surface area contributed by atoms with Gasteiger partial charge in [-0.25, -0.2) is 4.98 Å². The molecule has 0 bridgehead atoms. The van der Waals surface area contributed by atoms with Gasteiger partial charge in [-0.3, -0.25) is 4.79 Å². The molecule has 3 rings (SSSR count). The Bertz CT molecular complexity index is 649. The van der Waals surface area contributed by atoms with Crippen molar-refractivity contribution in [1.82, 2.24) is 4.98 Å². The standard InChI is InChI=1S/C15H12N2O2/c18-9-10-4-7-14(16-8-10)17-15(19)13-6-5-11-2-1-3-12(11)13/h1-8,18H,9H2,(H,16,17,19). The minimum Gasteiger partial charge on any atom is -0.392 e. The fourth-order valence-electron chi connectivity index (χ4n) is 2.06. The molecule has 0 saturated heterocycles. The first-order valence-corrected chi connectivity index (χ1v) is 5.96. The zero-order valence-corrected chi connectivity index (χ0v) is 10.1. The molecular formula is C15H12N2O2. The predicted molar refractivity (Wildman–Crippen MR) is 72.2 cm³/mol. The highest BCUT2D eigenvalue weighted by molar-refractivity contribution is 6.09. The van der Waals surface area contributed by atoms with E-state index in [1.54, 1.807) is 18.3 Å². The van der Waals surface area contributed by atoms with Gasteiger partial charge in [0.15, 0.2) is 0 Å². The second kappa shape index (κ2) is 4.66. The van der Waals surface area contributed by atoms with Crippen LogP contribution in [0, 0.1) is 0 Å². The lowest BCUT2D eigenvalue weighted by Crippen LogP contribution is -2.15. The summed E-state index contributed by atoms with van der Waals surface area (Å²) in [5.41, 5.74) is 3.37. The fourth-order valence-corrected chi connectivity index (χ4v) is 2.06. The quantitative estimate of drug-likeness (QED) is 0.863. The Morgan fingerprint density at radius 2 is 2.16 bits per heavy atom. The number of pyridine rings is 1. The third-order valence-corrected chi connectivity index (χ3v) is 3.06. The van der Waals surface area contributed by atoms with Crippen LogP contribution in [0.2, 0.25) is 0 Å². The SMILES string of the molecule is O=C(Nc1ccc(CO)cn1)C1=CC=C2C=CC=C21. The van der Waals surface area contributed by atoms with E-state index in [2.05, 4.69) is 10.3 Å². The zero-order valence-electron chi connectivity index (χ0n) is 10.1. The van der Waals surface area contributed by atoms with Crippen molar-refractivity contribution in [1.29, 1.82) is 0 Å². The minimum atomic E-state index is -0.176. The van der Waals surface area contributed by atoms with E-state index < -0.39 is 0 Å². The van der Waals surface area contributed by atoms with Crippen LogP contribution in [0.1, 0.15) is 5.56 Å². The largest absolute Gasteiger partial charge is 0.392 e. The molecule has 2 N–H and O–H groups in total. The molecule has 19 heavy (non-hydrogen) atoms. The number of fused-ring (bicyclic) bond motifs is 1. The zero-order chi connectivity index (χ0) is 13.2. The van der Waals surface area contributed by atoms with Gasteiger partial charge in [0.25, 0.3) is 5.91 Å². The van der Waals surface area contributed by atoms with Crippen molar-refractivity contribution in [3.8, 4) is 0 Å². The maximum Gasteiger partial charge on any atom is 0.257 e. The van der Waals surface area contributed by atoms with E-state index in [9.17, 15) is 4.79 Å². The molecule has 1 amide bonds. The lowest BCUT2D eigenvalue weighted by Gasteiger charge is -2.07. The second-order valence-corrected chi connectivity index (χ2v) is 4.31. The van der Waals surface area contributed by atoms with Gasteiger partial charge in [0, 0.05) is 11.8 Å². The third kappa shape index (κ3) is 2.13. The monoisotopic (exact) mass is 252 g/mol. The molecule has 94 valence electrons. The van der Waals surface area contributed by atoms with Gasteiger partial charge in [0.2, 0.25) is 0 Å². The van der Waals surface area contributed by atoms with E-state index in [4.69, 9.17) is 5.11 Å². The lowest BCUT2D eigenvalue weighted by molar-refractivity contribution is -0.112. The maximum atomic E-state index is 12.1. The number of hydrogen-bond donors (Lipinski definition) is 2. The Kier molecular flexibility index (Phi) is 2.85. The molecule has 0 spiro atoms. The van der Waals surface area contributed by atoms with Crippen LogP contribution in [0.15, 0.2) is 65.4 Å². The third-order valence-electron chi connectivity index (χ3n) is 3.06. The molecule has 0 radical (unpaired) electrons. The summed E-state index contributed by atoms with van der Waals surface area (Å²) in [5.74, 6) is 0.300. The Morgan fingerprint density at radius 3 is 2.89 bits per heavy atom. The van der Waals surface area contributed by atoms with Crippen molar-refractivity contribution in [2.45, 2.75) is 6.61 Å². The number of aliphatic hydroxyl groups is 1. The van der Waals surface area contributed by atoms with Crippen LogP contribution in [0.4, 0.5) is 5.82 Å². The summed E-state index contributed by atoms with van der Waals surface area (Å²) >= 11 is 0. The Labute approximate surface area is 110 Å². The summed E-state index contributed by atoms with van der Waals surface area (Å²) in [7, 11) is 0. The molecule has 0 aliphatic heterocycles. The normalized spacial score (nSPS) is 15.7. The predicted octanol–water partition coefficient (Wildman–Crippen LogP) is 1.88. The van der Waals surface area contributed by atoms with Crippen molar-refractivity contribution in [2.24, 2.45) is 0 Å². The molecule has 0 saturated carbocycles. The van der Waals surface area contributed by atoms with Gasteiger partial charge in [-0.2, -0.15) is 0 Å².